The van der Waals surface area contributed by atoms with Crippen LogP contribution in [-0.2, 0) is 13.1 Å². The van der Waals surface area contributed by atoms with Gasteiger partial charge in [0, 0.05) is 6.54 Å². The first-order valence-electron chi connectivity index (χ1n) is 5.35. The molecule has 90 valence electrons. The van der Waals surface area contributed by atoms with Gasteiger partial charge in [0.1, 0.15) is 11.5 Å². The van der Waals surface area contributed by atoms with Crippen molar-refractivity contribution in [3.8, 4) is 0 Å². The summed E-state index contributed by atoms with van der Waals surface area (Å²) in [5.41, 5.74) is 0.889. The molecule has 0 amide bonds. The second-order valence-corrected chi connectivity index (χ2v) is 4.42. The maximum Gasteiger partial charge on any atom is 0.151 e. The SMILES string of the molecule is Cc1ccc(CN(C)Cc2ccc(Cl)nn2)o1. The zero-order valence-electron chi connectivity index (χ0n) is 9.85. The van der Waals surface area contributed by atoms with E-state index in [4.69, 9.17) is 16.0 Å². The van der Waals surface area contributed by atoms with Crippen LogP contribution in [0.4, 0.5) is 0 Å². The van der Waals surface area contributed by atoms with Gasteiger partial charge in [-0.1, -0.05) is 11.6 Å². The number of halogens is 1. The predicted molar refractivity (Wildman–Crippen MR) is 65.7 cm³/mol. The Bertz CT molecular complexity index is 481. The van der Waals surface area contributed by atoms with Crippen LogP contribution in [0.25, 0.3) is 0 Å². The number of nitrogens with zero attached hydrogens (tertiary/aromatic N) is 3. The van der Waals surface area contributed by atoms with E-state index in [1.807, 2.05) is 32.2 Å². The summed E-state index contributed by atoms with van der Waals surface area (Å²) in [5, 5.41) is 8.23. The van der Waals surface area contributed by atoms with Crippen molar-refractivity contribution in [2.75, 3.05) is 7.05 Å². The average Bonchev–Trinajstić information content (AvgIpc) is 2.67. The van der Waals surface area contributed by atoms with Crippen LogP contribution in [0.2, 0.25) is 5.15 Å². The van der Waals surface area contributed by atoms with Gasteiger partial charge >= 0.3 is 0 Å². The Balaban J connectivity index is 1.93. The van der Waals surface area contributed by atoms with Crippen LogP contribution in [0.5, 0.6) is 0 Å². The number of rotatable bonds is 4. The van der Waals surface area contributed by atoms with Gasteiger partial charge in [-0.3, -0.25) is 4.90 Å². The molecule has 4 nitrogen and oxygen atoms in total. The molecule has 0 aliphatic carbocycles. The highest BCUT2D eigenvalue weighted by molar-refractivity contribution is 6.29. The van der Waals surface area contributed by atoms with Gasteiger partial charge in [0.25, 0.3) is 0 Å². The van der Waals surface area contributed by atoms with Gasteiger partial charge in [-0.15, -0.1) is 5.10 Å². The van der Waals surface area contributed by atoms with E-state index in [1.54, 1.807) is 6.07 Å². The van der Waals surface area contributed by atoms with Crippen molar-refractivity contribution >= 4 is 11.6 Å². The molecular weight excluding hydrogens is 238 g/mol. The van der Waals surface area contributed by atoms with Crippen molar-refractivity contribution in [1.29, 1.82) is 0 Å². The monoisotopic (exact) mass is 251 g/mol. The van der Waals surface area contributed by atoms with Crippen LogP contribution < -0.4 is 0 Å². The molecule has 0 atom stereocenters. The summed E-state index contributed by atoms with van der Waals surface area (Å²) in [6.45, 7) is 3.40. The zero-order chi connectivity index (χ0) is 12.3. The molecule has 2 rings (SSSR count). The average molecular weight is 252 g/mol. The van der Waals surface area contributed by atoms with Gasteiger partial charge in [-0.2, -0.15) is 5.10 Å². The van der Waals surface area contributed by atoms with Crippen LogP contribution in [0, 0.1) is 6.92 Å². The standard InChI is InChI=1S/C12H14ClN3O/c1-9-3-5-11(17-9)8-16(2)7-10-4-6-12(13)15-14-10/h3-6H,7-8H2,1-2H3. The van der Waals surface area contributed by atoms with E-state index in [1.165, 1.54) is 0 Å². The smallest absolute Gasteiger partial charge is 0.151 e. The highest BCUT2D eigenvalue weighted by Gasteiger charge is 2.06. The first kappa shape index (κ1) is 12.1. The number of furan rings is 1. The van der Waals surface area contributed by atoms with E-state index in [-0.39, 0.29) is 0 Å². The van der Waals surface area contributed by atoms with Crippen LogP contribution in [0.3, 0.4) is 0 Å². The molecule has 0 aliphatic heterocycles. The molecule has 17 heavy (non-hydrogen) atoms. The maximum atomic E-state index is 5.68. The summed E-state index contributed by atoms with van der Waals surface area (Å²) in [7, 11) is 2.01. The maximum absolute atomic E-state index is 5.68. The van der Waals surface area contributed by atoms with Crippen molar-refractivity contribution < 1.29 is 4.42 Å². The summed E-state index contributed by atoms with van der Waals surface area (Å²) in [6.07, 6.45) is 0. The Morgan fingerprint density at radius 3 is 2.59 bits per heavy atom. The highest BCUT2D eigenvalue weighted by atomic mass is 35.5. The third-order valence-corrected chi connectivity index (χ3v) is 2.54. The molecule has 2 heterocycles. The Morgan fingerprint density at radius 2 is 2.00 bits per heavy atom. The van der Waals surface area contributed by atoms with Crippen LogP contribution in [0.1, 0.15) is 17.2 Å². The van der Waals surface area contributed by atoms with Gasteiger partial charge in [-0.05, 0) is 38.2 Å². The minimum Gasteiger partial charge on any atom is -0.465 e. The van der Waals surface area contributed by atoms with E-state index in [0.717, 1.165) is 23.8 Å². The molecule has 0 aromatic carbocycles. The lowest BCUT2D eigenvalue weighted by Gasteiger charge is -2.13. The Kier molecular flexibility index (Phi) is 3.76. The largest absolute Gasteiger partial charge is 0.465 e. The Labute approximate surface area is 105 Å². The normalized spacial score (nSPS) is 11.1. The second kappa shape index (κ2) is 5.29. The molecule has 0 N–H and O–H groups in total. The van der Waals surface area contributed by atoms with Gasteiger partial charge in [0.05, 0.1) is 12.2 Å². The molecule has 0 fully saturated rings. The third-order valence-electron chi connectivity index (χ3n) is 2.34. The highest BCUT2D eigenvalue weighted by Crippen LogP contribution is 2.10. The van der Waals surface area contributed by atoms with Gasteiger partial charge in [0.15, 0.2) is 5.15 Å². The fourth-order valence-electron chi connectivity index (χ4n) is 1.60. The van der Waals surface area contributed by atoms with E-state index >= 15 is 0 Å². The fourth-order valence-corrected chi connectivity index (χ4v) is 1.70. The summed E-state index contributed by atoms with van der Waals surface area (Å²) in [5.74, 6) is 1.88. The quantitative estimate of drug-likeness (QED) is 0.838. The van der Waals surface area contributed by atoms with E-state index in [0.29, 0.717) is 11.7 Å². The van der Waals surface area contributed by atoms with E-state index in [9.17, 15) is 0 Å². The minimum absolute atomic E-state index is 0.415. The Morgan fingerprint density at radius 1 is 1.18 bits per heavy atom. The molecule has 0 aliphatic rings. The van der Waals surface area contributed by atoms with Crippen molar-refractivity contribution in [3.05, 3.63) is 46.6 Å². The minimum atomic E-state index is 0.415. The van der Waals surface area contributed by atoms with Gasteiger partial charge in [0.2, 0.25) is 0 Å². The molecule has 2 aromatic rings. The van der Waals surface area contributed by atoms with Gasteiger partial charge < -0.3 is 4.42 Å². The molecule has 0 saturated heterocycles. The number of hydrogen-bond acceptors (Lipinski definition) is 4. The van der Waals surface area contributed by atoms with Crippen LogP contribution >= 0.6 is 11.6 Å². The number of aryl methyl sites for hydroxylation is 1. The van der Waals surface area contributed by atoms with Crippen LogP contribution in [0.15, 0.2) is 28.7 Å². The number of aromatic nitrogens is 2. The lowest BCUT2D eigenvalue weighted by molar-refractivity contribution is 0.281. The van der Waals surface area contributed by atoms with Crippen molar-refractivity contribution in [1.82, 2.24) is 15.1 Å². The van der Waals surface area contributed by atoms with Crippen molar-refractivity contribution in [3.63, 3.8) is 0 Å². The molecular formula is C12H14ClN3O. The van der Waals surface area contributed by atoms with Crippen molar-refractivity contribution in [2.45, 2.75) is 20.0 Å². The topological polar surface area (TPSA) is 42.2 Å². The molecule has 2 aromatic heterocycles. The van der Waals surface area contributed by atoms with E-state index in [2.05, 4.69) is 15.1 Å². The molecule has 0 bridgehead atoms. The summed E-state index contributed by atoms with van der Waals surface area (Å²) in [6, 6.07) is 7.57. The lowest BCUT2D eigenvalue weighted by Crippen LogP contribution is -2.17. The second-order valence-electron chi connectivity index (χ2n) is 4.03. The molecule has 0 radical (unpaired) electrons. The zero-order valence-corrected chi connectivity index (χ0v) is 10.6. The summed E-state index contributed by atoms with van der Waals surface area (Å²) >= 11 is 5.68. The third kappa shape index (κ3) is 3.54. The predicted octanol–water partition coefficient (Wildman–Crippen LogP) is 2.66. The summed E-state index contributed by atoms with van der Waals surface area (Å²) in [4.78, 5) is 2.11. The lowest BCUT2D eigenvalue weighted by atomic mass is 10.3. The number of hydrogen-bond donors (Lipinski definition) is 0. The first-order valence-corrected chi connectivity index (χ1v) is 5.73. The molecule has 0 spiro atoms. The molecule has 5 heteroatoms. The first-order chi connectivity index (χ1) is 8.13. The van der Waals surface area contributed by atoms with Gasteiger partial charge in [-0.25, -0.2) is 0 Å². The summed E-state index contributed by atoms with van der Waals surface area (Å²) < 4.78 is 5.51. The van der Waals surface area contributed by atoms with Crippen LogP contribution in [-0.4, -0.2) is 22.1 Å². The Hall–Kier alpha value is -1.39. The van der Waals surface area contributed by atoms with Crippen molar-refractivity contribution in [2.24, 2.45) is 0 Å². The fraction of sp³-hybridized carbons (Fsp3) is 0.333. The van der Waals surface area contributed by atoms with E-state index < -0.39 is 0 Å². The molecule has 0 saturated carbocycles. The molecule has 0 unspecified atom stereocenters.